The van der Waals surface area contributed by atoms with E-state index in [4.69, 9.17) is 10.00 Å². The largest absolute Gasteiger partial charge is 0.376 e. The normalized spacial score (nSPS) is 16.3. The second-order valence-electron chi connectivity index (χ2n) is 6.36. The van der Waals surface area contributed by atoms with Crippen molar-refractivity contribution in [2.75, 3.05) is 18.9 Å². The average Bonchev–Trinajstić information content (AvgIpc) is 3.20. The van der Waals surface area contributed by atoms with E-state index in [0.717, 1.165) is 19.4 Å². The quantitative estimate of drug-likeness (QED) is 0.551. The van der Waals surface area contributed by atoms with E-state index < -0.39 is 0 Å². The van der Waals surface area contributed by atoms with Gasteiger partial charge in [0.2, 0.25) is 5.91 Å². The van der Waals surface area contributed by atoms with Crippen LogP contribution in [-0.4, -0.2) is 40.5 Å². The van der Waals surface area contributed by atoms with Crippen LogP contribution in [0.2, 0.25) is 0 Å². The first-order valence-electron chi connectivity index (χ1n) is 9.06. The molecule has 1 aromatic carbocycles. The molecule has 0 saturated carbocycles. The fourth-order valence-corrected chi connectivity index (χ4v) is 3.76. The minimum Gasteiger partial charge on any atom is -0.376 e. The molecule has 1 aliphatic heterocycles. The van der Waals surface area contributed by atoms with Gasteiger partial charge in [-0.25, -0.2) is 4.98 Å². The number of nitrogens with one attached hydrogen (secondary N) is 1. The number of rotatable bonds is 8. The molecule has 0 unspecified atom stereocenters. The summed E-state index contributed by atoms with van der Waals surface area (Å²) >= 11 is 1.24. The topological polar surface area (TPSA) is 97.0 Å². The van der Waals surface area contributed by atoms with E-state index in [-0.39, 0.29) is 23.3 Å². The highest BCUT2D eigenvalue weighted by molar-refractivity contribution is 7.99. The summed E-state index contributed by atoms with van der Waals surface area (Å²) in [6, 6.07) is 9.22. The maximum Gasteiger partial charge on any atom is 0.262 e. The van der Waals surface area contributed by atoms with E-state index >= 15 is 0 Å². The number of fused-ring (bicyclic) bond motifs is 1. The van der Waals surface area contributed by atoms with Gasteiger partial charge in [-0.1, -0.05) is 23.9 Å². The van der Waals surface area contributed by atoms with Gasteiger partial charge in [-0.2, -0.15) is 5.26 Å². The van der Waals surface area contributed by atoms with Crippen LogP contribution in [0.15, 0.2) is 34.2 Å². The van der Waals surface area contributed by atoms with Crippen LogP contribution in [0.1, 0.15) is 25.7 Å². The summed E-state index contributed by atoms with van der Waals surface area (Å²) in [6.07, 6.45) is 3.00. The van der Waals surface area contributed by atoms with Crippen molar-refractivity contribution in [1.29, 1.82) is 5.26 Å². The van der Waals surface area contributed by atoms with Crippen LogP contribution in [0.3, 0.4) is 0 Å². The second-order valence-corrected chi connectivity index (χ2v) is 7.30. The standard InChI is InChI=1S/C19H22N4O3S/c20-9-12-27-19-22-16-7-2-1-6-15(16)18(25)23(19)10-3-8-17(24)21-13-14-5-4-11-26-14/h1-2,6-7,14H,3-5,8,10-13H2,(H,21,24)/t14-/m0/s1. The summed E-state index contributed by atoms with van der Waals surface area (Å²) in [5.74, 6) is 0.172. The van der Waals surface area contributed by atoms with Crippen molar-refractivity contribution >= 4 is 28.6 Å². The maximum absolute atomic E-state index is 12.8. The Morgan fingerprint density at radius 2 is 2.30 bits per heavy atom. The van der Waals surface area contributed by atoms with Crippen molar-refractivity contribution in [3.8, 4) is 6.07 Å². The summed E-state index contributed by atoms with van der Waals surface area (Å²) in [6.45, 7) is 1.69. The lowest BCUT2D eigenvalue weighted by Gasteiger charge is -2.13. The van der Waals surface area contributed by atoms with Crippen LogP contribution in [-0.2, 0) is 16.1 Å². The van der Waals surface area contributed by atoms with E-state index in [1.54, 1.807) is 22.8 Å². The molecule has 1 amide bonds. The molecule has 0 bridgehead atoms. The van der Waals surface area contributed by atoms with E-state index in [0.29, 0.717) is 42.0 Å². The zero-order chi connectivity index (χ0) is 19.1. The first kappa shape index (κ1) is 19.4. The number of carbonyl (C=O) groups excluding carboxylic acids is 1. The monoisotopic (exact) mass is 386 g/mol. The Morgan fingerprint density at radius 1 is 1.44 bits per heavy atom. The molecule has 3 rings (SSSR count). The number of nitriles is 1. The lowest BCUT2D eigenvalue weighted by Crippen LogP contribution is -2.32. The summed E-state index contributed by atoms with van der Waals surface area (Å²) in [5, 5.41) is 12.8. The first-order valence-corrected chi connectivity index (χ1v) is 10.0. The fraction of sp³-hybridized carbons (Fsp3) is 0.474. The third kappa shape index (κ3) is 5.08. The molecule has 0 spiro atoms. The number of carbonyl (C=O) groups is 1. The number of amides is 1. The third-order valence-corrected chi connectivity index (χ3v) is 5.27. The summed E-state index contributed by atoms with van der Waals surface area (Å²) in [5.41, 5.74) is 0.481. The number of nitrogens with zero attached hydrogens (tertiary/aromatic N) is 3. The summed E-state index contributed by atoms with van der Waals surface area (Å²) in [4.78, 5) is 29.3. The Bertz CT molecular complexity index is 900. The van der Waals surface area contributed by atoms with Gasteiger partial charge in [0.1, 0.15) is 0 Å². The van der Waals surface area contributed by atoms with Gasteiger partial charge in [-0.3, -0.25) is 14.2 Å². The molecule has 1 aliphatic rings. The van der Waals surface area contributed by atoms with Crippen molar-refractivity contribution in [1.82, 2.24) is 14.9 Å². The van der Waals surface area contributed by atoms with E-state index in [9.17, 15) is 9.59 Å². The highest BCUT2D eigenvalue weighted by Gasteiger charge is 2.16. The number of hydrogen-bond donors (Lipinski definition) is 1. The molecule has 1 saturated heterocycles. The highest BCUT2D eigenvalue weighted by Crippen LogP contribution is 2.18. The number of hydrogen-bond acceptors (Lipinski definition) is 6. The molecule has 1 fully saturated rings. The van der Waals surface area contributed by atoms with E-state index in [2.05, 4.69) is 16.4 Å². The molecular formula is C19H22N4O3S. The van der Waals surface area contributed by atoms with Crippen LogP contribution in [0.25, 0.3) is 10.9 Å². The van der Waals surface area contributed by atoms with Gasteiger partial charge in [0.25, 0.3) is 5.56 Å². The third-order valence-electron chi connectivity index (χ3n) is 4.43. The SMILES string of the molecule is N#CCSc1nc2ccccc2c(=O)n1CCCC(=O)NC[C@@H]1CCCO1. The van der Waals surface area contributed by atoms with Gasteiger partial charge in [0, 0.05) is 26.1 Å². The molecule has 2 aromatic rings. The van der Waals surface area contributed by atoms with Crippen molar-refractivity contribution in [2.45, 2.75) is 43.5 Å². The van der Waals surface area contributed by atoms with Crippen LogP contribution in [0.5, 0.6) is 0 Å². The van der Waals surface area contributed by atoms with E-state index in [1.165, 1.54) is 11.8 Å². The van der Waals surface area contributed by atoms with Gasteiger partial charge in [-0.15, -0.1) is 0 Å². The maximum atomic E-state index is 12.8. The van der Waals surface area contributed by atoms with Gasteiger partial charge < -0.3 is 10.1 Å². The van der Waals surface area contributed by atoms with E-state index in [1.807, 2.05) is 6.07 Å². The number of para-hydroxylation sites is 1. The number of ether oxygens (including phenoxy) is 1. The number of aromatic nitrogens is 2. The minimum atomic E-state index is -0.138. The predicted molar refractivity (Wildman–Crippen MR) is 104 cm³/mol. The van der Waals surface area contributed by atoms with Crippen molar-refractivity contribution in [2.24, 2.45) is 0 Å². The van der Waals surface area contributed by atoms with Crippen molar-refractivity contribution < 1.29 is 9.53 Å². The van der Waals surface area contributed by atoms with Gasteiger partial charge in [-0.05, 0) is 31.4 Å². The average molecular weight is 386 g/mol. The van der Waals surface area contributed by atoms with Crippen LogP contribution in [0.4, 0.5) is 0 Å². The van der Waals surface area contributed by atoms with Crippen LogP contribution in [0, 0.1) is 11.3 Å². The summed E-state index contributed by atoms with van der Waals surface area (Å²) < 4.78 is 7.06. The molecule has 1 N–H and O–H groups in total. The van der Waals surface area contributed by atoms with Crippen LogP contribution < -0.4 is 10.9 Å². The Morgan fingerprint density at radius 3 is 3.07 bits per heavy atom. The molecule has 0 aliphatic carbocycles. The zero-order valence-electron chi connectivity index (χ0n) is 15.0. The Kier molecular flexibility index (Phi) is 6.85. The molecule has 0 radical (unpaired) electrons. The molecule has 2 heterocycles. The highest BCUT2D eigenvalue weighted by atomic mass is 32.2. The zero-order valence-corrected chi connectivity index (χ0v) is 15.8. The Balaban J connectivity index is 1.64. The molecule has 7 nitrogen and oxygen atoms in total. The van der Waals surface area contributed by atoms with Gasteiger partial charge in [0.05, 0.1) is 28.8 Å². The molecule has 1 atom stereocenters. The van der Waals surface area contributed by atoms with Crippen molar-refractivity contribution in [3.05, 3.63) is 34.6 Å². The predicted octanol–water partition coefficient (Wildman–Crippen LogP) is 2.09. The molecule has 142 valence electrons. The van der Waals surface area contributed by atoms with Gasteiger partial charge in [0.15, 0.2) is 5.16 Å². The lowest BCUT2D eigenvalue weighted by atomic mass is 10.2. The molecule has 8 heteroatoms. The Labute approximate surface area is 161 Å². The fourth-order valence-electron chi connectivity index (χ4n) is 3.07. The van der Waals surface area contributed by atoms with Gasteiger partial charge >= 0.3 is 0 Å². The summed E-state index contributed by atoms with van der Waals surface area (Å²) in [7, 11) is 0. The number of benzene rings is 1. The lowest BCUT2D eigenvalue weighted by molar-refractivity contribution is -0.121. The molecular weight excluding hydrogens is 364 g/mol. The van der Waals surface area contributed by atoms with Crippen molar-refractivity contribution in [3.63, 3.8) is 0 Å². The van der Waals surface area contributed by atoms with Crippen LogP contribution >= 0.6 is 11.8 Å². The smallest absolute Gasteiger partial charge is 0.262 e. The Hall–Kier alpha value is -2.37. The number of thioether (sulfide) groups is 1. The first-order chi connectivity index (χ1) is 13.2. The molecule has 1 aromatic heterocycles. The minimum absolute atomic E-state index is 0.0430. The molecule has 27 heavy (non-hydrogen) atoms. The second kappa shape index (κ2) is 9.53.